The minimum atomic E-state index is -0.951. The molecule has 0 radical (unpaired) electrons. The monoisotopic (exact) mass is 412 g/mol. The second-order valence-electron chi connectivity index (χ2n) is 6.27. The van der Waals surface area contributed by atoms with Crippen LogP contribution < -0.4 is 0 Å². The van der Waals surface area contributed by atoms with Crippen molar-refractivity contribution in [2.24, 2.45) is 0 Å². The fourth-order valence-electron chi connectivity index (χ4n) is 3.19. The highest BCUT2D eigenvalue weighted by Gasteiger charge is 2.16. The van der Waals surface area contributed by atoms with E-state index in [1.54, 1.807) is 18.2 Å². The number of fused-ring (bicyclic) bond motifs is 1. The van der Waals surface area contributed by atoms with Crippen molar-refractivity contribution in [1.29, 1.82) is 0 Å². The number of carboxylic acid groups (broad SMARTS) is 1. The first-order chi connectivity index (χ1) is 13.5. The maximum absolute atomic E-state index is 11.5. The van der Waals surface area contributed by atoms with E-state index in [1.807, 2.05) is 41.8 Å². The van der Waals surface area contributed by atoms with Crippen molar-refractivity contribution in [2.75, 3.05) is 0 Å². The first kappa shape index (κ1) is 18.4. The predicted octanol–water partition coefficient (Wildman–Crippen LogP) is 4.86. The van der Waals surface area contributed by atoms with Gasteiger partial charge < -0.3 is 9.67 Å². The molecule has 0 aliphatic rings. The summed E-state index contributed by atoms with van der Waals surface area (Å²) in [6.07, 6.45) is 0. The van der Waals surface area contributed by atoms with Gasteiger partial charge in [-0.05, 0) is 29.7 Å². The Hall–Kier alpha value is -2.96. The highest BCUT2D eigenvalue weighted by atomic mass is 35.5. The zero-order valence-corrected chi connectivity index (χ0v) is 16.2. The van der Waals surface area contributed by atoms with E-state index in [0.717, 1.165) is 17.0 Å². The molecule has 0 bridgehead atoms. The van der Waals surface area contributed by atoms with Crippen molar-refractivity contribution in [1.82, 2.24) is 19.7 Å². The lowest BCUT2D eigenvalue weighted by molar-refractivity contribution is 0.0697. The Labute approximate surface area is 170 Å². The summed E-state index contributed by atoms with van der Waals surface area (Å²) in [5, 5.41) is 17.5. The largest absolute Gasteiger partial charge is 0.478 e. The molecule has 2 aromatic carbocycles. The van der Waals surface area contributed by atoms with E-state index in [9.17, 15) is 9.90 Å². The number of halogens is 2. The molecule has 2 aromatic heterocycles. The minimum Gasteiger partial charge on any atom is -0.478 e. The lowest BCUT2D eigenvalue weighted by atomic mass is 9.99. The molecule has 140 valence electrons. The second kappa shape index (κ2) is 7.22. The SMILES string of the molecule is Cc1nc2c(Cl)nnc(Cl)c2n1Cc1ccc(-c2ccccc2C(=O)O)cc1. The molecule has 1 N–H and O–H groups in total. The van der Waals surface area contributed by atoms with Gasteiger partial charge >= 0.3 is 5.97 Å². The van der Waals surface area contributed by atoms with Crippen molar-refractivity contribution in [3.05, 3.63) is 75.8 Å². The van der Waals surface area contributed by atoms with Gasteiger partial charge in [-0.1, -0.05) is 65.7 Å². The summed E-state index contributed by atoms with van der Waals surface area (Å²) in [6, 6.07) is 14.6. The van der Waals surface area contributed by atoms with Gasteiger partial charge in [0.2, 0.25) is 0 Å². The summed E-state index contributed by atoms with van der Waals surface area (Å²) >= 11 is 12.3. The number of nitrogens with zero attached hydrogens (tertiary/aromatic N) is 4. The van der Waals surface area contributed by atoms with Crippen LogP contribution in [-0.4, -0.2) is 30.8 Å². The molecule has 0 aliphatic heterocycles. The smallest absolute Gasteiger partial charge is 0.336 e. The van der Waals surface area contributed by atoms with E-state index in [4.69, 9.17) is 23.2 Å². The van der Waals surface area contributed by atoms with Crippen molar-refractivity contribution < 1.29 is 9.90 Å². The third-order valence-corrected chi connectivity index (χ3v) is 5.05. The van der Waals surface area contributed by atoms with E-state index < -0.39 is 5.97 Å². The number of carbonyl (C=O) groups is 1. The van der Waals surface area contributed by atoms with Gasteiger partial charge in [0, 0.05) is 6.54 Å². The molecule has 0 spiro atoms. The van der Waals surface area contributed by atoms with E-state index in [-0.39, 0.29) is 15.9 Å². The summed E-state index contributed by atoms with van der Waals surface area (Å²) in [5.41, 5.74) is 3.94. The normalized spacial score (nSPS) is 11.1. The van der Waals surface area contributed by atoms with Crippen LogP contribution in [0.2, 0.25) is 10.3 Å². The standard InChI is InChI=1S/C20H14Cl2N4O2/c1-11-23-16-17(19(22)25-24-18(16)21)26(11)10-12-6-8-13(9-7-12)14-4-2-3-5-15(14)20(27)28/h2-9H,10H2,1H3,(H,27,28). The molecule has 28 heavy (non-hydrogen) atoms. The highest BCUT2D eigenvalue weighted by molar-refractivity contribution is 6.37. The maximum Gasteiger partial charge on any atom is 0.336 e. The molecule has 0 saturated carbocycles. The van der Waals surface area contributed by atoms with Gasteiger partial charge in [-0.2, -0.15) is 0 Å². The Morgan fingerprint density at radius 2 is 1.71 bits per heavy atom. The Morgan fingerprint density at radius 3 is 2.43 bits per heavy atom. The molecule has 0 saturated heterocycles. The number of aromatic nitrogens is 4. The Balaban J connectivity index is 1.71. The molecule has 8 heteroatoms. The quantitative estimate of drug-likeness (QED) is 0.517. The van der Waals surface area contributed by atoms with Crippen LogP contribution in [0.1, 0.15) is 21.7 Å². The average Bonchev–Trinajstić information content (AvgIpc) is 3.03. The number of aromatic carboxylic acids is 1. The van der Waals surface area contributed by atoms with Gasteiger partial charge in [0.1, 0.15) is 16.9 Å². The predicted molar refractivity (Wildman–Crippen MR) is 108 cm³/mol. The summed E-state index contributed by atoms with van der Waals surface area (Å²) < 4.78 is 1.93. The molecule has 0 atom stereocenters. The molecule has 6 nitrogen and oxygen atoms in total. The molecule has 0 unspecified atom stereocenters. The van der Waals surface area contributed by atoms with Gasteiger partial charge in [0.15, 0.2) is 10.3 Å². The molecule has 4 rings (SSSR count). The number of hydrogen-bond donors (Lipinski definition) is 1. The molecule has 0 amide bonds. The van der Waals surface area contributed by atoms with Crippen LogP contribution in [0, 0.1) is 6.92 Å². The van der Waals surface area contributed by atoms with Gasteiger partial charge in [0.05, 0.1) is 5.56 Å². The fraction of sp³-hybridized carbons (Fsp3) is 0.100. The molecular formula is C20H14Cl2N4O2. The zero-order chi connectivity index (χ0) is 19.8. The summed E-state index contributed by atoms with van der Waals surface area (Å²) in [6.45, 7) is 2.38. The number of rotatable bonds is 4. The third-order valence-electron chi connectivity index (χ3n) is 4.54. The first-order valence-corrected chi connectivity index (χ1v) is 9.17. The van der Waals surface area contributed by atoms with Crippen molar-refractivity contribution in [3.63, 3.8) is 0 Å². The lowest BCUT2D eigenvalue weighted by Crippen LogP contribution is -2.03. The average molecular weight is 413 g/mol. The van der Waals surface area contributed by atoms with E-state index >= 15 is 0 Å². The lowest BCUT2D eigenvalue weighted by Gasteiger charge is -2.10. The van der Waals surface area contributed by atoms with E-state index in [1.165, 1.54) is 0 Å². The number of aryl methyl sites for hydroxylation is 1. The van der Waals surface area contributed by atoms with Crippen LogP contribution in [-0.2, 0) is 6.54 Å². The molecule has 0 fully saturated rings. The number of imidazole rings is 1. The van der Waals surface area contributed by atoms with Crippen molar-refractivity contribution in [2.45, 2.75) is 13.5 Å². The minimum absolute atomic E-state index is 0.210. The molecular weight excluding hydrogens is 399 g/mol. The number of hydrogen-bond acceptors (Lipinski definition) is 4. The number of carboxylic acids is 1. The van der Waals surface area contributed by atoms with E-state index in [2.05, 4.69) is 15.2 Å². The van der Waals surface area contributed by atoms with Gasteiger partial charge in [-0.3, -0.25) is 0 Å². The van der Waals surface area contributed by atoms with Crippen LogP contribution in [0.3, 0.4) is 0 Å². The van der Waals surface area contributed by atoms with Crippen LogP contribution in [0.4, 0.5) is 0 Å². The van der Waals surface area contributed by atoms with Gasteiger partial charge in [-0.15, -0.1) is 10.2 Å². The van der Waals surface area contributed by atoms with Crippen LogP contribution in [0.25, 0.3) is 22.2 Å². The fourth-order valence-corrected chi connectivity index (χ4v) is 3.59. The highest BCUT2D eigenvalue weighted by Crippen LogP contribution is 2.28. The molecule has 0 aliphatic carbocycles. The van der Waals surface area contributed by atoms with Crippen molar-refractivity contribution >= 4 is 40.2 Å². The summed E-state index contributed by atoms with van der Waals surface area (Å²) in [4.78, 5) is 15.9. The van der Waals surface area contributed by atoms with Gasteiger partial charge in [-0.25, -0.2) is 9.78 Å². The summed E-state index contributed by atoms with van der Waals surface area (Å²) in [7, 11) is 0. The topological polar surface area (TPSA) is 80.9 Å². The zero-order valence-electron chi connectivity index (χ0n) is 14.7. The summed E-state index contributed by atoms with van der Waals surface area (Å²) in [5.74, 6) is -0.207. The maximum atomic E-state index is 11.5. The Kier molecular flexibility index (Phi) is 4.75. The van der Waals surface area contributed by atoms with Crippen LogP contribution >= 0.6 is 23.2 Å². The second-order valence-corrected chi connectivity index (χ2v) is 6.99. The van der Waals surface area contributed by atoms with Crippen LogP contribution in [0.15, 0.2) is 48.5 Å². The molecule has 2 heterocycles. The van der Waals surface area contributed by atoms with Gasteiger partial charge in [0.25, 0.3) is 0 Å². The third kappa shape index (κ3) is 3.21. The Bertz CT molecular complexity index is 1200. The van der Waals surface area contributed by atoms with Crippen LogP contribution in [0.5, 0.6) is 0 Å². The van der Waals surface area contributed by atoms with E-state index in [0.29, 0.717) is 23.1 Å². The van der Waals surface area contributed by atoms with Crippen molar-refractivity contribution in [3.8, 4) is 11.1 Å². The first-order valence-electron chi connectivity index (χ1n) is 8.42. The molecule has 4 aromatic rings. The number of benzene rings is 2. The Morgan fingerprint density at radius 1 is 1.04 bits per heavy atom.